The molecule has 1 unspecified atom stereocenters. The van der Waals surface area contributed by atoms with Crippen LogP contribution < -0.4 is 0 Å². The van der Waals surface area contributed by atoms with Crippen molar-refractivity contribution in [1.82, 2.24) is 0 Å². The summed E-state index contributed by atoms with van der Waals surface area (Å²) in [7, 11) is -3.92. The van der Waals surface area contributed by atoms with Crippen LogP contribution in [-0.4, -0.2) is 24.7 Å². The summed E-state index contributed by atoms with van der Waals surface area (Å²) in [6.07, 6.45) is 0.805. The summed E-state index contributed by atoms with van der Waals surface area (Å²) < 4.78 is 25.1. The molecule has 0 amide bonds. The fraction of sp³-hybridized carbons (Fsp3) is 0.250. The highest BCUT2D eigenvalue weighted by Crippen LogP contribution is 2.21. The molecule has 0 bridgehead atoms. The summed E-state index contributed by atoms with van der Waals surface area (Å²) in [6.45, 7) is 1.84. The second kappa shape index (κ2) is 8.88. The molecule has 0 saturated carbocycles. The zero-order chi connectivity index (χ0) is 19.2. The lowest BCUT2D eigenvalue weighted by atomic mass is 10.1. The molecule has 136 valence electrons. The first-order valence-electron chi connectivity index (χ1n) is 8.08. The van der Waals surface area contributed by atoms with E-state index < -0.39 is 21.1 Å². The zero-order valence-electron chi connectivity index (χ0n) is 14.3. The van der Waals surface area contributed by atoms with E-state index in [1.165, 1.54) is 12.1 Å². The average molecular weight is 391 g/mol. The van der Waals surface area contributed by atoms with Crippen molar-refractivity contribution in [3.05, 3.63) is 64.7 Å². The smallest absolute Gasteiger partial charge is 0.322 e. The Bertz CT molecular complexity index is 921. The zero-order valence-corrected chi connectivity index (χ0v) is 15.8. The van der Waals surface area contributed by atoms with Crippen LogP contribution in [0.15, 0.2) is 53.4 Å². The number of carboxylic acids is 1. The maximum Gasteiger partial charge on any atom is 0.322 e. The minimum atomic E-state index is -3.92. The fourth-order valence-corrected chi connectivity index (χ4v) is 4.09. The van der Waals surface area contributed by atoms with Crippen molar-refractivity contribution >= 4 is 27.4 Å². The Kier molecular flexibility index (Phi) is 6.84. The van der Waals surface area contributed by atoms with E-state index in [1.54, 1.807) is 36.4 Å². The molecule has 0 aromatic heterocycles. The summed E-state index contributed by atoms with van der Waals surface area (Å²) in [4.78, 5) is 11.5. The van der Waals surface area contributed by atoms with Gasteiger partial charge in [0.2, 0.25) is 0 Å². The van der Waals surface area contributed by atoms with Crippen LogP contribution in [0, 0.1) is 18.8 Å². The van der Waals surface area contributed by atoms with Gasteiger partial charge in [-0.1, -0.05) is 41.1 Å². The first kappa shape index (κ1) is 20.0. The third-order valence-electron chi connectivity index (χ3n) is 3.84. The van der Waals surface area contributed by atoms with Crippen molar-refractivity contribution in [2.24, 2.45) is 0 Å². The molecule has 0 radical (unpaired) electrons. The lowest BCUT2D eigenvalue weighted by Gasteiger charge is -2.13. The van der Waals surface area contributed by atoms with E-state index in [9.17, 15) is 18.3 Å². The third-order valence-corrected chi connectivity index (χ3v) is 6.21. The van der Waals surface area contributed by atoms with Crippen LogP contribution in [0.5, 0.6) is 0 Å². The van der Waals surface area contributed by atoms with Gasteiger partial charge in [0.1, 0.15) is 0 Å². The Morgan fingerprint density at radius 2 is 1.73 bits per heavy atom. The maximum absolute atomic E-state index is 12.6. The quantitative estimate of drug-likeness (QED) is 0.595. The standard InChI is InChI=1S/C20H19ClO4S/c1-15-7-13-18(14-8-15)26(24,25)19(20(22)23)6-4-2-3-5-16-9-11-17(21)12-10-16/h7-14,19H,2,4,6H2,1H3,(H,22,23). The Morgan fingerprint density at radius 1 is 1.12 bits per heavy atom. The van der Waals surface area contributed by atoms with Crippen molar-refractivity contribution in [3.8, 4) is 11.8 Å². The molecular formula is C20H19ClO4S. The van der Waals surface area contributed by atoms with Gasteiger partial charge in [0, 0.05) is 17.0 Å². The summed E-state index contributed by atoms with van der Waals surface area (Å²) in [5.74, 6) is 4.54. The average Bonchev–Trinajstić information content (AvgIpc) is 2.59. The van der Waals surface area contributed by atoms with Crippen LogP contribution in [0.2, 0.25) is 5.02 Å². The number of carboxylic acid groups (broad SMARTS) is 1. The normalized spacial score (nSPS) is 12.1. The molecule has 2 aromatic carbocycles. The molecule has 1 N–H and O–H groups in total. The topological polar surface area (TPSA) is 71.4 Å². The monoisotopic (exact) mass is 390 g/mol. The number of halogens is 1. The number of hydrogen-bond donors (Lipinski definition) is 1. The van der Waals surface area contributed by atoms with E-state index in [0.717, 1.165) is 11.1 Å². The van der Waals surface area contributed by atoms with E-state index >= 15 is 0 Å². The first-order chi connectivity index (χ1) is 12.3. The summed E-state index contributed by atoms with van der Waals surface area (Å²) in [5.41, 5.74) is 1.71. The fourth-order valence-electron chi connectivity index (χ4n) is 2.38. The van der Waals surface area contributed by atoms with Gasteiger partial charge in [-0.15, -0.1) is 0 Å². The number of benzene rings is 2. The molecule has 0 aliphatic rings. The van der Waals surface area contributed by atoms with Gasteiger partial charge in [-0.25, -0.2) is 8.42 Å². The first-order valence-corrected chi connectivity index (χ1v) is 10.0. The Hall–Kier alpha value is -2.29. The lowest BCUT2D eigenvalue weighted by Crippen LogP contribution is -2.30. The number of aliphatic carboxylic acids is 1. The van der Waals surface area contributed by atoms with Crippen molar-refractivity contribution in [2.75, 3.05) is 0 Å². The number of carbonyl (C=O) groups is 1. The van der Waals surface area contributed by atoms with Gasteiger partial charge in [-0.05, 0) is 56.2 Å². The van der Waals surface area contributed by atoms with Gasteiger partial charge in [0.25, 0.3) is 0 Å². The molecule has 0 heterocycles. The molecule has 4 nitrogen and oxygen atoms in total. The minimum Gasteiger partial charge on any atom is -0.480 e. The molecular weight excluding hydrogens is 372 g/mol. The second-order valence-corrected chi connectivity index (χ2v) is 8.45. The highest BCUT2D eigenvalue weighted by molar-refractivity contribution is 7.92. The van der Waals surface area contributed by atoms with Gasteiger partial charge >= 0.3 is 5.97 Å². The third kappa shape index (κ3) is 5.35. The highest BCUT2D eigenvalue weighted by atomic mass is 35.5. The summed E-state index contributed by atoms with van der Waals surface area (Å²) in [6, 6.07) is 13.3. The van der Waals surface area contributed by atoms with E-state index in [2.05, 4.69) is 11.8 Å². The van der Waals surface area contributed by atoms with Crippen LogP contribution in [-0.2, 0) is 14.6 Å². The SMILES string of the molecule is Cc1ccc(S(=O)(=O)C(CCCC#Cc2ccc(Cl)cc2)C(=O)O)cc1. The molecule has 0 saturated heterocycles. The molecule has 26 heavy (non-hydrogen) atoms. The van der Waals surface area contributed by atoms with Crippen molar-refractivity contribution < 1.29 is 18.3 Å². The number of unbranched alkanes of at least 4 members (excludes halogenated alkanes) is 1. The molecule has 2 rings (SSSR count). The predicted octanol–water partition coefficient (Wildman–Crippen LogP) is 4.10. The number of sulfone groups is 1. The van der Waals surface area contributed by atoms with Crippen LogP contribution in [0.1, 0.15) is 30.4 Å². The van der Waals surface area contributed by atoms with Crippen LogP contribution >= 0.6 is 11.6 Å². The second-order valence-electron chi connectivity index (χ2n) is 5.89. The Balaban J connectivity index is 2.01. The van der Waals surface area contributed by atoms with Gasteiger partial charge in [-0.3, -0.25) is 4.79 Å². The molecule has 2 aromatic rings. The van der Waals surface area contributed by atoms with E-state index in [4.69, 9.17) is 11.6 Å². The summed E-state index contributed by atoms with van der Waals surface area (Å²) in [5, 5.41) is 8.51. The van der Waals surface area contributed by atoms with Crippen LogP contribution in [0.3, 0.4) is 0 Å². The lowest BCUT2D eigenvalue weighted by molar-refractivity contribution is -0.136. The molecule has 0 aliphatic heterocycles. The minimum absolute atomic E-state index is 0.0147. The van der Waals surface area contributed by atoms with Crippen molar-refractivity contribution in [1.29, 1.82) is 0 Å². The molecule has 0 spiro atoms. The van der Waals surface area contributed by atoms with Gasteiger partial charge < -0.3 is 5.11 Å². The highest BCUT2D eigenvalue weighted by Gasteiger charge is 2.33. The van der Waals surface area contributed by atoms with E-state index in [-0.39, 0.29) is 11.3 Å². The van der Waals surface area contributed by atoms with Gasteiger partial charge in [-0.2, -0.15) is 0 Å². The van der Waals surface area contributed by atoms with E-state index in [0.29, 0.717) is 17.9 Å². The van der Waals surface area contributed by atoms with Gasteiger partial charge in [0.05, 0.1) is 4.90 Å². The maximum atomic E-state index is 12.6. The number of rotatable bonds is 6. The summed E-state index contributed by atoms with van der Waals surface area (Å²) >= 11 is 5.80. The molecule has 1 atom stereocenters. The Morgan fingerprint density at radius 3 is 2.31 bits per heavy atom. The number of aryl methyl sites for hydroxylation is 1. The molecule has 0 fully saturated rings. The van der Waals surface area contributed by atoms with Crippen molar-refractivity contribution in [2.45, 2.75) is 36.3 Å². The van der Waals surface area contributed by atoms with Crippen molar-refractivity contribution in [3.63, 3.8) is 0 Å². The van der Waals surface area contributed by atoms with E-state index in [1.807, 2.05) is 6.92 Å². The predicted molar refractivity (Wildman–Crippen MR) is 102 cm³/mol. The Labute approximate surface area is 158 Å². The molecule has 6 heteroatoms. The van der Waals surface area contributed by atoms with Gasteiger partial charge in [0.15, 0.2) is 15.1 Å². The number of hydrogen-bond acceptors (Lipinski definition) is 3. The largest absolute Gasteiger partial charge is 0.480 e. The molecule has 0 aliphatic carbocycles. The van der Waals surface area contributed by atoms with Crippen LogP contribution in [0.25, 0.3) is 0 Å². The van der Waals surface area contributed by atoms with Crippen LogP contribution in [0.4, 0.5) is 0 Å².